The third kappa shape index (κ3) is 2.24. The van der Waals surface area contributed by atoms with Gasteiger partial charge in [-0.25, -0.2) is 9.37 Å². The van der Waals surface area contributed by atoms with Crippen molar-refractivity contribution in [1.29, 1.82) is 0 Å². The summed E-state index contributed by atoms with van der Waals surface area (Å²) >= 11 is 0. The number of nitrogens with one attached hydrogen (secondary N) is 1. The van der Waals surface area contributed by atoms with Crippen LogP contribution >= 0.6 is 0 Å². The Balaban J connectivity index is 2.25. The van der Waals surface area contributed by atoms with Gasteiger partial charge in [0.25, 0.3) is 11.6 Å². The number of pyridine rings is 1. The SMILES string of the molecule is CNC(=O)c1cc(-c2ccc(F)cc2)nc2onc(C)c12. The average Bonchev–Trinajstić information content (AvgIpc) is 2.88. The molecule has 2 aromatic heterocycles. The van der Waals surface area contributed by atoms with Gasteiger partial charge in [-0.05, 0) is 37.3 Å². The molecule has 1 N–H and O–H groups in total. The molecule has 0 spiro atoms. The largest absolute Gasteiger partial charge is 0.355 e. The molecule has 0 fully saturated rings. The van der Waals surface area contributed by atoms with Crippen molar-refractivity contribution in [3.63, 3.8) is 0 Å². The zero-order valence-electron chi connectivity index (χ0n) is 11.5. The second kappa shape index (κ2) is 4.97. The molecule has 5 nitrogen and oxygen atoms in total. The molecule has 0 bridgehead atoms. The van der Waals surface area contributed by atoms with Crippen molar-refractivity contribution in [2.24, 2.45) is 0 Å². The number of carbonyl (C=O) groups is 1. The Morgan fingerprint density at radius 1 is 1.29 bits per heavy atom. The van der Waals surface area contributed by atoms with E-state index in [1.807, 2.05) is 0 Å². The maximum Gasteiger partial charge on any atom is 0.259 e. The number of halogens is 1. The highest BCUT2D eigenvalue weighted by atomic mass is 19.1. The average molecular weight is 285 g/mol. The number of carbonyl (C=O) groups excluding carboxylic acids is 1. The molecule has 3 rings (SSSR count). The van der Waals surface area contributed by atoms with Gasteiger partial charge in [-0.15, -0.1) is 0 Å². The van der Waals surface area contributed by atoms with Crippen molar-refractivity contribution in [2.75, 3.05) is 7.05 Å². The van der Waals surface area contributed by atoms with Crippen LogP contribution in [0.15, 0.2) is 34.9 Å². The number of amides is 1. The predicted molar refractivity (Wildman–Crippen MR) is 75.3 cm³/mol. The lowest BCUT2D eigenvalue weighted by atomic mass is 10.1. The van der Waals surface area contributed by atoms with Crippen LogP contribution in [0.3, 0.4) is 0 Å². The van der Waals surface area contributed by atoms with E-state index in [4.69, 9.17) is 4.52 Å². The normalized spacial score (nSPS) is 10.8. The fourth-order valence-electron chi connectivity index (χ4n) is 2.18. The number of benzene rings is 1. The zero-order valence-corrected chi connectivity index (χ0v) is 11.5. The first-order chi connectivity index (χ1) is 10.1. The smallest absolute Gasteiger partial charge is 0.259 e. The topological polar surface area (TPSA) is 68.0 Å². The molecule has 1 amide bonds. The van der Waals surface area contributed by atoms with Gasteiger partial charge in [0.15, 0.2) is 0 Å². The van der Waals surface area contributed by atoms with E-state index in [1.54, 1.807) is 32.2 Å². The van der Waals surface area contributed by atoms with Crippen molar-refractivity contribution >= 4 is 17.0 Å². The molecule has 0 aliphatic heterocycles. The van der Waals surface area contributed by atoms with Gasteiger partial charge in [0.2, 0.25) is 0 Å². The van der Waals surface area contributed by atoms with E-state index in [0.717, 1.165) is 0 Å². The summed E-state index contributed by atoms with van der Waals surface area (Å²) in [6.45, 7) is 1.75. The first-order valence-electron chi connectivity index (χ1n) is 6.35. The lowest BCUT2D eigenvalue weighted by Crippen LogP contribution is -2.18. The van der Waals surface area contributed by atoms with Crippen LogP contribution in [0.5, 0.6) is 0 Å². The molecular formula is C15H12FN3O2. The Labute approximate surface area is 119 Å². The highest BCUT2D eigenvalue weighted by molar-refractivity contribution is 6.06. The maximum absolute atomic E-state index is 13.0. The van der Waals surface area contributed by atoms with Gasteiger partial charge < -0.3 is 9.84 Å². The van der Waals surface area contributed by atoms with E-state index >= 15 is 0 Å². The monoisotopic (exact) mass is 285 g/mol. The van der Waals surface area contributed by atoms with Crippen molar-refractivity contribution < 1.29 is 13.7 Å². The molecule has 0 saturated heterocycles. The van der Waals surface area contributed by atoms with E-state index in [2.05, 4.69) is 15.5 Å². The van der Waals surface area contributed by atoms with E-state index < -0.39 is 0 Å². The molecule has 0 unspecified atom stereocenters. The number of fused-ring (bicyclic) bond motifs is 1. The number of hydrogen-bond donors (Lipinski definition) is 1. The van der Waals surface area contributed by atoms with Crippen LogP contribution in [0.1, 0.15) is 16.1 Å². The van der Waals surface area contributed by atoms with E-state index in [-0.39, 0.29) is 17.4 Å². The van der Waals surface area contributed by atoms with Crippen molar-refractivity contribution in [1.82, 2.24) is 15.5 Å². The van der Waals surface area contributed by atoms with Crippen LogP contribution in [0.4, 0.5) is 4.39 Å². The molecule has 3 aromatic rings. The Morgan fingerprint density at radius 3 is 2.67 bits per heavy atom. The third-order valence-corrected chi connectivity index (χ3v) is 3.23. The number of aromatic nitrogens is 2. The van der Waals surface area contributed by atoms with Crippen molar-refractivity contribution in [2.45, 2.75) is 6.92 Å². The third-order valence-electron chi connectivity index (χ3n) is 3.23. The lowest BCUT2D eigenvalue weighted by Gasteiger charge is -2.05. The summed E-state index contributed by atoms with van der Waals surface area (Å²) in [4.78, 5) is 16.4. The van der Waals surface area contributed by atoms with Crippen LogP contribution in [0.25, 0.3) is 22.4 Å². The van der Waals surface area contributed by atoms with Gasteiger partial charge in [0.1, 0.15) is 5.82 Å². The summed E-state index contributed by atoms with van der Waals surface area (Å²) in [5.74, 6) is -0.584. The van der Waals surface area contributed by atoms with Crippen LogP contribution in [0.2, 0.25) is 0 Å². The number of hydrogen-bond acceptors (Lipinski definition) is 4. The molecule has 1 aromatic carbocycles. The molecule has 0 aliphatic carbocycles. The summed E-state index contributed by atoms with van der Waals surface area (Å²) in [5, 5.41) is 7.01. The minimum Gasteiger partial charge on any atom is -0.355 e. The van der Waals surface area contributed by atoms with Gasteiger partial charge in [-0.2, -0.15) is 0 Å². The van der Waals surface area contributed by atoms with Gasteiger partial charge in [-0.3, -0.25) is 4.79 Å². The fraction of sp³-hybridized carbons (Fsp3) is 0.133. The van der Waals surface area contributed by atoms with Gasteiger partial charge >= 0.3 is 0 Å². The van der Waals surface area contributed by atoms with Crippen LogP contribution in [-0.2, 0) is 0 Å². The van der Waals surface area contributed by atoms with E-state index in [1.165, 1.54) is 12.1 Å². The molecule has 2 heterocycles. The minimum atomic E-state index is -0.332. The second-order valence-electron chi connectivity index (χ2n) is 4.59. The maximum atomic E-state index is 13.0. The van der Waals surface area contributed by atoms with E-state index in [0.29, 0.717) is 27.9 Å². The zero-order chi connectivity index (χ0) is 15.0. The Hall–Kier alpha value is -2.76. The minimum absolute atomic E-state index is 0.253. The standard InChI is InChI=1S/C15H12FN3O2/c1-8-13-11(14(20)17-2)7-12(18-15(13)21-19-8)9-3-5-10(16)6-4-9/h3-7H,1-2H3,(H,17,20). The second-order valence-corrected chi connectivity index (χ2v) is 4.59. The summed E-state index contributed by atoms with van der Waals surface area (Å²) in [6, 6.07) is 7.53. The molecular weight excluding hydrogens is 273 g/mol. The number of aryl methyl sites for hydroxylation is 1. The molecule has 0 radical (unpaired) electrons. The lowest BCUT2D eigenvalue weighted by molar-refractivity contribution is 0.0964. The van der Waals surface area contributed by atoms with Crippen LogP contribution < -0.4 is 5.32 Å². The Bertz CT molecular complexity index is 825. The summed E-state index contributed by atoms with van der Waals surface area (Å²) < 4.78 is 18.2. The molecule has 6 heteroatoms. The highest BCUT2D eigenvalue weighted by Crippen LogP contribution is 2.27. The first-order valence-corrected chi connectivity index (χ1v) is 6.35. The predicted octanol–water partition coefficient (Wildman–Crippen LogP) is 2.70. The molecule has 0 aliphatic rings. The van der Waals surface area contributed by atoms with Gasteiger partial charge in [0.05, 0.1) is 22.3 Å². The van der Waals surface area contributed by atoms with E-state index in [9.17, 15) is 9.18 Å². The Morgan fingerprint density at radius 2 is 2.00 bits per heavy atom. The molecule has 0 saturated carbocycles. The quantitative estimate of drug-likeness (QED) is 0.786. The van der Waals surface area contributed by atoms with Crippen molar-refractivity contribution in [3.05, 3.63) is 47.4 Å². The van der Waals surface area contributed by atoms with Crippen molar-refractivity contribution in [3.8, 4) is 11.3 Å². The Kier molecular flexibility index (Phi) is 3.13. The summed E-state index contributed by atoms with van der Waals surface area (Å²) in [7, 11) is 1.55. The first kappa shape index (κ1) is 13.2. The highest BCUT2D eigenvalue weighted by Gasteiger charge is 2.18. The van der Waals surface area contributed by atoms with Gasteiger partial charge in [-0.1, -0.05) is 5.16 Å². The summed E-state index contributed by atoms with van der Waals surface area (Å²) in [5.41, 5.74) is 2.53. The van der Waals surface area contributed by atoms with Gasteiger partial charge in [0, 0.05) is 12.6 Å². The number of rotatable bonds is 2. The molecule has 106 valence electrons. The summed E-state index contributed by atoms with van der Waals surface area (Å²) in [6.07, 6.45) is 0. The fourth-order valence-corrected chi connectivity index (χ4v) is 2.18. The number of nitrogens with zero attached hydrogens (tertiary/aromatic N) is 2. The molecule has 0 atom stereocenters. The molecule has 21 heavy (non-hydrogen) atoms. The van der Waals surface area contributed by atoms with Crippen LogP contribution in [-0.4, -0.2) is 23.1 Å². The van der Waals surface area contributed by atoms with Crippen LogP contribution in [0, 0.1) is 12.7 Å².